The largest absolute Gasteiger partial charge is 0.393 e. The first-order chi connectivity index (χ1) is 4.16. The molecule has 0 rings (SSSR count). The molecule has 0 saturated heterocycles. The van der Waals surface area contributed by atoms with Gasteiger partial charge in [0.1, 0.15) is 6.23 Å². The highest BCUT2D eigenvalue weighted by atomic mass is 16.3. The molecule has 0 aromatic carbocycles. The van der Waals surface area contributed by atoms with Crippen LogP contribution in [0.5, 0.6) is 0 Å². The number of rotatable bonds is 4. The Morgan fingerprint density at radius 2 is 2.00 bits per heavy atom. The fourth-order valence-corrected chi connectivity index (χ4v) is 0.730. The van der Waals surface area contributed by atoms with E-state index in [1.165, 1.54) is 0 Å². The van der Waals surface area contributed by atoms with Gasteiger partial charge < -0.3 is 15.9 Å². The highest BCUT2D eigenvalue weighted by Crippen LogP contribution is 2.01. The summed E-state index contributed by atoms with van der Waals surface area (Å²) in [5.74, 6) is 0. The van der Waals surface area contributed by atoms with Crippen molar-refractivity contribution < 1.29 is 10.2 Å². The van der Waals surface area contributed by atoms with Crippen LogP contribution in [0.15, 0.2) is 0 Å². The van der Waals surface area contributed by atoms with Crippen molar-refractivity contribution in [1.29, 1.82) is 0 Å². The molecular weight excluding hydrogens is 118 g/mol. The molecule has 0 spiro atoms. The highest BCUT2D eigenvalue weighted by molar-refractivity contribution is 4.56. The summed E-state index contributed by atoms with van der Waals surface area (Å²) >= 11 is 0. The molecule has 0 fully saturated rings. The maximum Gasteiger partial charge on any atom is 0.104 e. The molecule has 3 heteroatoms. The fraction of sp³-hybridized carbons (Fsp3) is 1.00. The van der Waals surface area contributed by atoms with Gasteiger partial charge in [-0.3, -0.25) is 0 Å². The number of hydrogen-bond donors (Lipinski definition) is 3. The van der Waals surface area contributed by atoms with E-state index in [0.717, 1.165) is 6.42 Å². The van der Waals surface area contributed by atoms with Crippen molar-refractivity contribution in [1.82, 2.24) is 0 Å². The van der Waals surface area contributed by atoms with Crippen LogP contribution in [0, 0.1) is 0 Å². The van der Waals surface area contributed by atoms with Crippen molar-refractivity contribution in [3.8, 4) is 0 Å². The molecule has 2 unspecified atom stereocenters. The topological polar surface area (TPSA) is 66.5 Å². The van der Waals surface area contributed by atoms with Crippen LogP contribution in [0.3, 0.4) is 0 Å². The van der Waals surface area contributed by atoms with Crippen LogP contribution in [0.2, 0.25) is 0 Å². The lowest BCUT2D eigenvalue weighted by Crippen LogP contribution is -2.25. The quantitative estimate of drug-likeness (QED) is 0.466. The minimum atomic E-state index is -0.869. The standard InChI is InChI=1S/C6H15NO2/c1-2-3-5(8)4-6(7)9/h5-6,8-9H,2-4,7H2,1H3. The Morgan fingerprint density at radius 1 is 1.44 bits per heavy atom. The van der Waals surface area contributed by atoms with Crippen LogP contribution in [0.1, 0.15) is 26.2 Å². The molecule has 4 N–H and O–H groups in total. The van der Waals surface area contributed by atoms with Crippen LogP contribution < -0.4 is 5.73 Å². The van der Waals surface area contributed by atoms with Gasteiger partial charge >= 0.3 is 0 Å². The fourth-order valence-electron chi connectivity index (χ4n) is 0.730. The molecule has 0 aliphatic carbocycles. The second-order valence-corrected chi connectivity index (χ2v) is 2.25. The Morgan fingerprint density at radius 3 is 2.33 bits per heavy atom. The third kappa shape index (κ3) is 5.76. The normalized spacial score (nSPS) is 17.3. The van der Waals surface area contributed by atoms with Crippen LogP contribution in [0.4, 0.5) is 0 Å². The van der Waals surface area contributed by atoms with Crippen molar-refractivity contribution in [2.24, 2.45) is 5.73 Å². The molecule has 3 nitrogen and oxygen atoms in total. The van der Waals surface area contributed by atoms with Gasteiger partial charge in [-0.25, -0.2) is 0 Å². The van der Waals surface area contributed by atoms with E-state index in [-0.39, 0.29) is 6.42 Å². The van der Waals surface area contributed by atoms with Crippen LogP contribution >= 0.6 is 0 Å². The van der Waals surface area contributed by atoms with Crippen LogP contribution in [-0.2, 0) is 0 Å². The van der Waals surface area contributed by atoms with Gasteiger partial charge in [-0.05, 0) is 6.42 Å². The van der Waals surface area contributed by atoms with E-state index in [0.29, 0.717) is 6.42 Å². The summed E-state index contributed by atoms with van der Waals surface area (Å²) in [4.78, 5) is 0. The predicted octanol–water partition coefficient (Wildman–Crippen LogP) is -0.185. The van der Waals surface area contributed by atoms with E-state index < -0.39 is 12.3 Å². The molecule has 0 aromatic heterocycles. The molecule has 0 bridgehead atoms. The molecule has 0 heterocycles. The number of hydrogen-bond acceptors (Lipinski definition) is 3. The van der Waals surface area contributed by atoms with Crippen molar-refractivity contribution in [3.05, 3.63) is 0 Å². The lowest BCUT2D eigenvalue weighted by atomic mass is 10.1. The van der Waals surface area contributed by atoms with Crippen molar-refractivity contribution in [2.45, 2.75) is 38.5 Å². The second-order valence-electron chi connectivity index (χ2n) is 2.25. The Balaban J connectivity index is 3.15. The summed E-state index contributed by atoms with van der Waals surface area (Å²) in [5.41, 5.74) is 5.02. The van der Waals surface area contributed by atoms with Gasteiger partial charge in [-0.2, -0.15) is 0 Å². The Kier molecular flexibility index (Phi) is 4.67. The Labute approximate surface area is 55.5 Å². The average Bonchev–Trinajstić information content (AvgIpc) is 1.63. The first-order valence-corrected chi connectivity index (χ1v) is 3.28. The molecule has 9 heavy (non-hydrogen) atoms. The zero-order chi connectivity index (χ0) is 7.28. The lowest BCUT2D eigenvalue weighted by molar-refractivity contribution is 0.0788. The van der Waals surface area contributed by atoms with Gasteiger partial charge in [-0.15, -0.1) is 0 Å². The number of aliphatic hydroxyl groups is 2. The second kappa shape index (κ2) is 4.73. The first-order valence-electron chi connectivity index (χ1n) is 3.28. The summed E-state index contributed by atoms with van der Waals surface area (Å²) in [6.07, 6.45) is 0.622. The monoisotopic (exact) mass is 133 g/mol. The molecule has 56 valence electrons. The summed E-state index contributed by atoms with van der Waals surface area (Å²) in [6.45, 7) is 1.98. The number of nitrogens with two attached hydrogens (primary N) is 1. The molecule has 2 atom stereocenters. The summed E-state index contributed by atoms with van der Waals surface area (Å²) in [6, 6.07) is 0. The van der Waals surface area contributed by atoms with Crippen LogP contribution in [-0.4, -0.2) is 22.5 Å². The van der Waals surface area contributed by atoms with Gasteiger partial charge in [0.05, 0.1) is 6.10 Å². The summed E-state index contributed by atoms with van der Waals surface area (Å²) in [5, 5.41) is 17.5. The molecule has 0 amide bonds. The average molecular weight is 133 g/mol. The Hall–Kier alpha value is -0.120. The van der Waals surface area contributed by atoms with Gasteiger partial charge in [-0.1, -0.05) is 13.3 Å². The minimum Gasteiger partial charge on any atom is -0.393 e. The van der Waals surface area contributed by atoms with E-state index in [4.69, 9.17) is 15.9 Å². The van der Waals surface area contributed by atoms with Gasteiger partial charge in [0.2, 0.25) is 0 Å². The summed E-state index contributed by atoms with van der Waals surface area (Å²) in [7, 11) is 0. The van der Waals surface area contributed by atoms with E-state index in [1.807, 2.05) is 6.92 Å². The maximum atomic E-state index is 8.98. The smallest absolute Gasteiger partial charge is 0.104 e. The lowest BCUT2D eigenvalue weighted by Gasteiger charge is -2.09. The molecule has 0 saturated carbocycles. The zero-order valence-electron chi connectivity index (χ0n) is 5.75. The summed E-state index contributed by atoms with van der Waals surface area (Å²) < 4.78 is 0. The molecular formula is C6H15NO2. The van der Waals surface area contributed by atoms with Crippen molar-refractivity contribution in [3.63, 3.8) is 0 Å². The van der Waals surface area contributed by atoms with E-state index in [9.17, 15) is 0 Å². The van der Waals surface area contributed by atoms with E-state index >= 15 is 0 Å². The Bertz CT molecular complexity index is 66.1. The van der Waals surface area contributed by atoms with E-state index in [2.05, 4.69) is 0 Å². The third-order valence-corrected chi connectivity index (χ3v) is 1.14. The molecule has 0 radical (unpaired) electrons. The van der Waals surface area contributed by atoms with Gasteiger partial charge in [0, 0.05) is 6.42 Å². The SMILES string of the molecule is CCCC(O)CC(N)O. The van der Waals surface area contributed by atoms with Crippen molar-refractivity contribution >= 4 is 0 Å². The van der Waals surface area contributed by atoms with Gasteiger partial charge in [0.25, 0.3) is 0 Å². The van der Waals surface area contributed by atoms with E-state index in [1.54, 1.807) is 0 Å². The zero-order valence-corrected chi connectivity index (χ0v) is 5.75. The highest BCUT2D eigenvalue weighted by Gasteiger charge is 2.05. The third-order valence-electron chi connectivity index (χ3n) is 1.14. The maximum absolute atomic E-state index is 8.98. The minimum absolute atomic E-state index is 0.286. The van der Waals surface area contributed by atoms with Gasteiger partial charge in [0.15, 0.2) is 0 Å². The van der Waals surface area contributed by atoms with Crippen LogP contribution in [0.25, 0.3) is 0 Å². The first kappa shape index (κ1) is 8.88. The molecule has 0 aliphatic heterocycles. The number of aliphatic hydroxyl groups excluding tert-OH is 2. The van der Waals surface area contributed by atoms with Crippen molar-refractivity contribution in [2.75, 3.05) is 0 Å². The molecule has 0 aliphatic rings. The molecule has 0 aromatic rings. The predicted molar refractivity (Wildman–Crippen MR) is 35.7 cm³/mol.